The molecule has 0 aromatic carbocycles. The Morgan fingerprint density at radius 1 is 1.29 bits per heavy atom. The third-order valence-electron chi connectivity index (χ3n) is 5.24. The van der Waals surface area contributed by atoms with Gasteiger partial charge in [0.05, 0.1) is 0 Å². The van der Waals surface area contributed by atoms with Crippen LogP contribution in [-0.4, -0.2) is 36.1 Å². The normalized spacial score (nSPS) is 29.0. The van der Waals surface area contributed by atoms with E-state index in [9.17, 15) is 0 Å². The zero-order chi connectivity index (χ0) is 15.0. The number of nitrogens with zero attached hydrogens (tertiary/aromatic N) is 1. The molecule has 3 atom stereocenters. The van der Waals surface area contributed by atoms with Crippen molar-refractivity contribution in [2.45, 2.75) is 65.1 Å². The lowest BCUT2D eigenvalue weighted by molar-refractivity contribution is 0.0577. The highest BCUT2D eigenvalue weighted by atomic mass is 32.1. The first-order valence-electron chi connectivity index (χ1n) is 8.59. The van der Waals surface area contributed by atoms with Crippen molar-refractivity contribution in [3.8, 4) is 0 Å². The minimum atomic E-state index is 0.652. The molecule has 3 rings (SSSR count). The molecule has 0 amide bonds. The van der Waals surface area contributed by atoms with Crippen LogP contribution >= 0.6 is 11.3 Å². The van der Waals surface area contributed by atoms with Gasteiger partial charge in [0.1, 0.15) is 0 Å². The van der Waals surface area contributed by atoms with Gasteiger partial charge in [-0.3, -0.25) is 4.90 Å². The predicted molar refractivity (Wildman–Crippen MR) is 92.1 cm³/mol. The summed E-state index contributed by atoms with van der Waals surface area (Å²) in [6.45, 7) is 11.8. The first-order valence-corrected chi connectivity index (χ1v) is 9.40. The van der Waals surface area contributed by atoms with Crippen LogP contribution in [0.1, 0.15) is 43.4 Å². The second-order valence-corrected chi connectivity index (χ2v) is 8.80. The fourth-order valence-corrected chi connectivity index (χ4v) is 4.77. The minimum Gasteiger partial charge on any atom is -0.311 e. The highest BCUT2D eigenvalue weighted by molar-refractivity contribution is 7.11. The second kappa shape index (κ2) is 6.39. The third kappa shape index (κ3) is 3.69. The van der Waals surface area contributed by atoms with Crippen LogP contribution in [0.5, 0.6) is 0 Å². The van der Waals surface area contributed by atoms with Gasteiger partial charge in [-0.1, -0.05) is 13.8 Å². The summed E-state index contributed by atoms with van der Waals surface area (Å²) in [5.41, 5.74) is 0. The first kappa shape index (κ1) is 15.5. The SMILES string of the molecule is Cc1ccc(CC(C)N2CC(C3CC3)NCC2C(C)C)s1. The van der Waals surface area contributed by atoms with Crippen molar-refractivity contribution in [1.82, 2.24) is 10.2 Å². The van der Waals surface area contributed by atoms with Crippen LogP contribution in [0.3, 0.4) is 0 Å². The maximum absolute atomic E-state index is 3.83. The lowest BCUT2D eigenvalue weighted by atomic mass is 9.94. The maximum Gasteiger partial charge on any atom is 0.0247 e. The van der Waals surface area contributed by atoms with Crippen molar-refractivity contribution in [3.63, 3.8) is 0 Å². The van der Waals surface area contributed by atoms with Gasteiger partial charge in [0.15, 0.2) is 0 Å². The Labute approximate surface area is 133 Å². The Balaban J connectivity index is 1.67. The maximum atomic E-state index is 3.83. The van der Waals surface area contributed by atoms with Gasteiger partial charge in [0.25, 0.3) is 0 Å². The second-order valence-electron chi connectivity index (χ2n) is 7.43. The Hall–Kier alpha value is -0.380. The van der Waals surface area contributed by atoms with E-state index in [1.54, 1.807) is 4.88 Å². The number of hydrogen-bond acceptors (Lipinski definition) is 3. The molecule has 0 spiro atoms. The van der Waals surface area contributed by atoms with E-state index < -0.39 is 0 Å². The summed E-state index contributed by atoms with van der Waals surface area (Å²) in [6, 6.07) is 6.67. The fourth-order valence-electron chi connectivity index (χ4n) is 3.76. The topological polar surface area (TPSA) is 15.3 Å². The molecule has 3 unspecified atom stereocenters. The van der Waals surface area contributed by atoms with E-state index in [2.05, 4.69) is 50.0 Å². The van der Waals surface area contributed by atoms with Gasteiger partial charge in [-0.15, -0.1) is 11.3 Å². The van der Waals surface area contributed by atoms with Gasteiger partial charge in [0, 0.05) is 41.0 Å². The van der Waals surface area contributed by atoms with Crippen LogP contribution in [0.4, 0.5) is 0 Å². The number of piperazine rings is 1. The highest BCUT2D eigenvalue weighted by Gasteiger charge is 2.39. The molecule has 2 heterocycles. The van der Waals surface area contributed by atoms with Gasteiger partial charge in [-0.2, -0.15) is 0 Å². The Morgan fingerprint density at radius 2 is 2.05 bits per heavy atom. The molecule has 2 nitrogen and oxygen atoms in total. The van der Waals surface area contributed by atoms with Gasteiger partial charge >= 0.3 is 0 Å². The molecule has 1 N–H and O–H groups in total. The fraction of sp³-hybridized carbons (Fsp3) is 0.778. The molecule has 2 fully saturated rings. The zero-order valence-corrected chi connectivity index (χ0v) is 14.7. The van der Waals surface area contributed by atoms with Crippen LogP contribution in [0, 0.1) is 18.8 Å². The summed E-state index contributed by atoms with van der Waals surface area (Å²) >= 11 is 1.97. The Bertz CT molecular complexity index is 464. The van der Waals surface area contributed by atoms with Crippen molar-refractivity contribution in [1.29, 1.82) is 0 Å². The standard InChI is InChI=1S/C18H30N2S/c1-12(2)18-10-19-17(15-6-7-15)11-20(18)13(3)9-16-8-5-14(4)21-16/h5,8,12-13,15,17-19H,6-7,9-11H2,1-4H3. The Kier molecular flexibility index (Phi) is 4.72. The molecular formula is C18H30N2S. The van der Waals surface area contributed by atoms with Crippen molar-refractivity contribution in [2.24, 2.45) is 11.8 Å². The molecule has 1 aliphatic heterocycles. The van der Waals surface area contributed by atoms with Crippen molar-refractivity contribution < 1.29 is 0 Å². The van der Waals surface area contributed by atoms with Crippen molar-refractivity contribution in [2.75, 3.05) is 13.1 Å². The van der Waals surface area contributed by atoms with Gasteiger partial charge in [-0.25, -0.2) is 0 Å². The summed E-state index contributed by atoms with van der Waals surface area (Å²) in [5, 5.41) is 3.83. The van der Waals surface area contributed by atoms with Crippen molar-refractivity contribution >= 4 is 11.3 Å². The largest absolute Gasteiger partial charge is 0.311 e. The molecule has 118 valence electrons. The number of aryl methyl sites for hydroxylation is 1. The predicted octanol–water partition coefficient (Wildman–Crippen LogP) is 3.70. The molecule has 1 aromatic heterocycles. The number of rotatable bonds is 5. The molecular weight excluding hydrogens is 276 g/mol. The van der Waals surface area contributed by atoms with E-state index >= 15 is 0 Å². The zero-order valence-electron chi connectivity index (χ0n) is 13.9. The Morgan fingerprint density at radius 3 is 2.62 bits per heavy atom. The summed E-state index contributed by atoms with van der Waals surface area (Å²) in [7, 11) is 0. The molecule has 3 heteroatoms. The third-order valence-corrected chi connectivity index (χ3v) is 6.27. The van der Waals surface area contributed by atoms with E-state index in [1.807, 2.05) is 11.3 Å². The monoisotopic (exact) mass is 306 g/mol. The number of hydrogen-bond donors (Lipinski definition) is 1. The minimum absolute atomic E-state index is 0.652. The van der Waals surface area contributed by atoms with E-state index in [0.29, 0.717) is 12.1 Å². The number of thiophene rings is 1. The van der Waals surface area contributed by atoms with Crippen molar-refractivity contribution in [3.05, 3.63) is 21.9 Å². The van der Waals surface area contributed by atoms with E-state index in [4.69, 9.17) is 0 Å². The highest BCUT2D eigenvalue weighted by Crippen LogP contribution is 2.35. The molecule has 1 saturated carbocycles. The molecule has 1 aliphatic carbocycles. The molecule has 1 saturated heterocycles. The van der Waals surface area contributed by atoms with Gasteiger partial charge in [-0.05, 0) is 57.1 Å². The molecule has 21 heavy (non-hydrogen) atoms. The van der Waals surface area contributed by atoms with E-state index in [1.165, 1.54) is 37.2 Å². The lowest BCUT2D eigenvalue weighted by Crippen LogP contribution is -2.61. The van der Waals surface area contributed by atoms with Crippen LogP contribution < -0.4 is 5.32 Å². The van der Waals surface area contributed by atoms with Crippen LogP contribution in [0.25, 0.3) is 0 Å². The average Bonchev–Trinajstić information content (AvgIpc) is 3.22. The summed E-state index contributed by atoms with van der Waals surface area (Å²) in [6.07, 6.45) is 4.09. The van der Waals surface area contributed by atoms with Crippen LogP contribution in [0.2, 0.25) is 0 Å². The lowest BCUT2D eigenvalue weighted by Gasteiger charge is -2.45. The molecule has 1 aromatic rings. The van der Waals surface area contributed by atoms with E-state index in [0.717, 1.165) is 17.9 Å². The smallest absolute Gasteiger partial charge is 0.0247 e. The summed E-state index contributed by atoms with van der Waals surface area (Å²) in [5.74, 6) is 1.68. The molecule has 2 aliphatic rings. The number of nitrogens with one attached hydrogen (secondary N) is 1. The summed E-state index contributed by atoms with van der Waals surface area (Å²) in [4.78, 5) is 5.79. The van der Waals surface area contributed by atoms with Gasteiger partial charge in [0.2, 0.25) is 0 Å². The van der Waals surface area contributed by atoms with Gasteiger partial charge < -0.3 is 5.32 Å². The molecule has 0 radical (unpaired) electrons. The van der Waals surface area contributed by atoms with Crippen LogP contribution in [-0.2, 0) is 6.42 Å². The summed E-state index contributed by atoms with van der Waals surface area (Å²) < 4.78 is 0. The van der Waals surface area contributed by atoms with Crippen LogP contribution in [0.15, 0.2) is 12.1 Å². The molecule has 0 bridgehead atoms. The first-order chi connectivity index (χ1) is 10.0. The van der Waals surface area contributed by atoms with E-state index in [-0.39, 0.29) is 0 Å². The average molecular weight is 307 g/mol. The quantitative estimate of drug-likeness (QED) is 0.892.